The van der Waals surface area contributed by atoms with E-state index in [0.717, 1.165) is 25.7 Å². The summed E-state index contributed by atoms with van der Waals surface area (Å²) in [5.41, 5.74) is -0.253. The third-order valence-electron chi connectivity index (χ3n) is 3.51. The van der Waals surface area contributed by atoms with Crippen molar-refractivity contribution in [3.05, 3.63) is 0 Å². The van der Waals surface area contributed by atoms with Gasteiger partial charge in [-0.3, -0.25) is 4.79 Å². The zero-order valence-electron chi connectivity index (χ0n) is 6.99. The highest BCUT2D eigenvalue weighted by Gasteiger charge is 2.52. The molecule has 0 radical (unpaired) electrons. The van der Waals surface area contributed by atoms with Gasteiger partial charge in [-0.25, -0.2) is 0 Å². The van der Waals surface area contributed by atoms with Crippen LogP contribution in [0.25, 0.3) is 0 Å². The lowest BCUT2D eigenvalue weighted by atomic mass is 9.79. The van der Waals surface area contributed by atoms with Gasteiger partial charge in [0.1, 0.15) is 0 Å². The number of aliphatic carboxylic acids is 1. The molecule has 2 fully saturated rings. The average molecular weight is 170 g/mol. The summed E-state index contributed by atoms with van der Waals surface area (Å²) in [6.45, 7) is 0. The first-order chi connectivity index (χ1) is 5.62. The second kappa shape index (κ2) is 2.46. The van der Waals surface area contributed by atoms with Gasteiger partial charge in [-0.05, 0) is 31.6 Å². The van der Waals surface area contributed by atoms with Gasteiger partial charge in [0.05, 0.1) is 12.5 Å². The second-order valence-electron chi connectivity index (χ2n) is 4.29. The van der Waals surface area contributed by atoms with Crippen LogP contribution in [-0.4, -0.2) is 22.3 Å². The molecule has 68 valence electrons. The minimum Gasteiger partial charge on any atom is -0.481 e. The smallest absolute Gasteiger partial charge is 0.304 e. The average Bonchev–Trinajstić information content (AvgIpc) is 2.42. The van der Waals surface area contributed by atoms with Gasteiger partial charge in [-0.15, -0.1) is 0 Å². The molecule has 0 saturated heterocycles. The molecule has 2 N–H and O–H groups in total. The molecule has 3 heteroatoms. The van der Waals surface area contributed by atoms with Crippen LogP contribution in [0.1, 0.15) is 32.1 Å². The Labute approximate surface area is 71.4 Å². The van der Waals surface area contributed by atoms with Crippen molar-refractivity contribution in [3.8, 4) is 0 Å². The lowest BCUT2D eigenvalue weighted by molar-refractivity contribution is -0.141. The molecule has 2 saturated carbocycles. The highest BCUT2D eigenvalue weighted by Crippen LogP contribution is 2.55. The summed E-state index contributed by atoms with van der Waals surface area (Å²) in [6, 6.07) is 0. The van der Waals surface area contributed by atoms with Gasteiger partial charge in [0.15, 0.2) is 0 Å². The predicted molar refractivity (Wildman–Crippen MR) is 42.7 cm³/mol. The lowest BCUT2D eigenvalue weighted by Crippen LogP contribution is -2.32. The normalized spacial score (nSPS) is 45.1. The molecule has 0 heterocycles. The quantitative estimate of drug-likeness (QED) is 0.650. The molecule has 0 aliphatic heterocycles. The monoisotopic (exact) mass is 170 g/mol. The number of carbonyl (C=O) groups is 1. The van der Waals surface area contributed by atoms with Crippen LogP contribution in [0.4, 0.5) is 0 Å². The van der Waals surface area contributed by atoms with Crippen molar-refractivity contribution in [2.45, 2.75) is 38.2 Å². The van der Waals surface area contributed by atoms with E-state index in [9.17, 15) is 9.90 Å². The highest BCUT2D eigenvalue weighted by atomic mass is 16.4. The van der Waals surface area contributed by atoms with Crippen LogP contribution in [0.3, 0.4) is 0 Å². The van der Waals surface area contributed by atoms with Crippen LogP contribution in [-0.2, 0) is 4.79 Å². The van der Waals surface area contributed by atoms with E-state index < -0.39 is 5.97 Å². The van der Waals surface area contributed by atoms with Crippen LogP contribution in [0, 0.1) is 11.3 Å². The van der Waals surface area contributed by atoms with Crippen molar-refractivity contribution >= 4 is 5.97 Å². The summed E-state index contributed by atoms with van der Waals surface area (Å²) in [5.74, 6) is -0.170. The Bertz CT molecular complexity index is 214. The van der Waals surface area contributed by atoms with E-state index in [2.05, 4.69) is 0 Å². The number of hydrogen-bond acceptors (Lipinski definition) is 2. The fourth-order valence-electron chi connectivity index (χ4n) is 2.92. The molecule has 2 aliphatic carbocycles. The molecule has 0 spiro atoms. The Balaban J connectivity index is 2.13. The SMILES string of the molecule is O=C(O)C[C@]12CC[C@H](C[C@H]1O)C2. The van der Waals surface area contributed by atoms with Gasteiger partial charge in [0.25, 0.3) is 0 Å². The van der Waals surface area contributed by atoms with Gasteiger partial charge in [-0.2, -0.15) is 0 Å². The van der Waals surface area contributed by atoms with E-state index in [-0.39, 0.29) is 17.9 Å². The van der Waals surface area contributed by atoms with E-state index >= 15 is 0 Å². The molecule has 0 amide bonds. The minimum absolute atomic E-state index is 0.157. The topological polar surface area (TPSA) is 57.5 Å². The van der Waals surface area contributed by atoms with Gasteiger partial charge in [-0.1, -0.05) is 0 Å². The summed E-state index contributed by atoms with van der Waals surface area (Å²) in [5, 5.41) is 18.4. The number of carboxylic acids is 1. The van der Waals surface area contributed by atoms with Crippen molar-refractivity contribution in [3.63, 3.8) is 0 Å². The molecule has 12 heavy (non-hydrogen) atoms. The fourth-order valence-corrected chi connectivity index (χ4v) is 2.92. The zero-order valence-corrected chi connectivity index (χ0v) is 6.99. The zero-order chi connectivity index (χ0) is 8.77. The first kappa shape index (κ1) is 8.05. The molecule has 2 bridgehead atoms. The lowest BCUT2D eigenvalue weighted by Gasteiger charge is -2.29. The van der Waals surface area contributed by atoms with E-state index in [0.29, 0.717) is 5.92 Å². The van der Waals surface area contributed by atoms with Crippen molar-refractivity contribution in [1.82, 2.24) is 0 Å². The molecule has 3 nitrogen and oxygen atoms in total. The fraction of sp³-hybridized carbons (Fsp3) is 0.889. The molecular formula is C9H14O3. The predicted octanol–water partition coefficient (Wildman–Crippen LogP) is 1.01. The molecule has 2 aliphatic rings. The van der Waals surface area contributed by atoms with Crippen LogP contribution in [0.2, 0.25) is 0 Å². The second-order valence-corrected chi connectivity index (χ2v) is 4.29. The molecular weight excluding hydrogens is 156 g/mol. The molecule has 0 unspecified atom stereocenters. The van der Waals surface area contributed by atoms with Gasteiger partial charge < -0.3 is 10.2 Å². The number of carboxylic acid groups (broad SMARTS) is 1. The van der Waals surface area contributed by atoms with Crippen LogP contribution >= 0.6 is 0 Å². The molecule has 0 aromatic rings. The van der Waals surface area contributed by atoms with Gasteiger partial charge in [0.2, 0.25) is 0 Å². The summed E-state index contributed by atoms with van der Waals surface area (Å²) in [4.78, 5) is 10.6. The van der Waals surface area contributed by atoms with Crippen molar-refractivity contribution in [2.24, 2.45) is 11.3 Å². The summed E-state index contributed by atoms with van der Waals surface area (Å²) < 4.78 is 0. The minimum atomic E-state index is -0.767. The Hall–Kier alpha value is -0.570. The number of aliphatic hydroxyl groups is 1. The molecule has 0 aromatic carbocycles. The summed E-state index contributed by atoms with van der Waals surface area (Å²) in [6.07, 6.45) is 3.58. The first-order valence-electron chi connectivity index (χ1n) is 4.52. The van der Waals surface area contributed by atoms with Crippen molar-refractivity contribution in [2.75, 3.05) is 0 Å². The third-order valence-corrected chi connectivity index (χ3v) is 3.51. The maximum atomic E-state index is 10.6. The van der Waals surface area contributed by atoms with Crippen molar-refractivity contribution in [1.29, 1.82) is 0 Å². The van der Waals surface area contributed by atoms with Gasteiger partial charge in [0, 0.05) is 5.41 Å². The van der Waals surface area contributed by atoms with E-state index in [1.807, 2.05) is 0 Å². The molecule has 3 atom stereocenters. The number of rotatable bonds is 2. The first-order valence-corrected chi connectivity index (χ1v) is 4.52. The summed E-state index contributed by atoms with van der Waals surface area (Å²) >= 11 is 0. The Morgan fingerprint density at radius 2 is 2.33 bits per heavy atom. The Morgan fingerprint density at radius 1 is 1.58 bits per heavy atom. The standard InChI is InChI=1S/C9H14O3/c10-7-3-6-1-2-9(7,4-6)5-8(11)12/h6-7,10H,1-5H2,(H,11,12)/t6-,7-,9-/m1/s1. The summed E-state index contributed by atoms with van der Waals surface area (Å²) in [7, 11) is 0. The maximum Gasteiger partial charge on any atom is 0.304 e. The largest absolute Gasteiger partial charge is 0.481 e. The maximum absolute atomic E-state index is 10.6. The molecule has 2 rings (SSSR count). The Morgan fingerprint density at radius 3 is 2.75 bits per heavy atom. The van der Waals surface area contributed by atoms with E-state index in [1.165, 1.54) is 0 Å². The Kier molecular flexibility index (Phi) is 1.65. The molecule has 0 aromatic heterocycles. The third kappa shape index (κ3) is 1.04. The van der Waals surface area contributed by atoms with Crippen molar-refractivity contribution < 1.29 is 15.0 Å². The van der Waals surface area contributed by atoms with E-state index in [4.69, 9.17) is 5.11 Å². The van der Waals surface area contributed by atoms with Crippen LogP contribution < -0.4 is 0 Å². The highest BCUT2D eigenvalue weighted by molar-refractivity contribution is 5.68. The van der Waals surface area contributed by atoms with Gasteiger partial charge >= 0.3 is 5.97 Å². The van der Waals surface area contributed by atoms with Crippen LogP contribution in [0.5, 0.6) is 0 Å². The number of aliphatic hydroxyl groups excluding tert-OH is 1. The number of fused-ring (bicyclic) bond motifs is 2. The van der Waals surface area contributed by atoms with E-state index in [1.54, 1.807) is 0 Å². The number of hydrogen-bond donors (Lipinski definition) is 2. The van der Waals surface area contributed by atoms with Crippen LogP contribution in [0.15, 0.2) is 0 Å².